The van der Waals surface area contributed by atoms with Crippen molar-refractivity contribution >= 4 is 16.5 Å². The van der Waals surface area contributed by atoms with Crippen LogP contribution in [0.25, 0.3) is 0 Å². The number of aromatic nitrogens is 2. The summed E-state index contributed by atoms with van der Waals surface area (Å²) < 4.78 is 9.95. The summed E-state index contributed by atoms with van der Waals surface area (Å²) in [6.07, 6.45) is 0. The number of ether oxygens (including phenoxy) is 1. The predicted octanol–water partition coefficient (Wildman–Crippen LogP) is 3.98. The van der Waals surface area contributed by atoms with E-state index in [4.69, 9.17) is 4.74 Å². The Morgan fingerprint density at radius 2 is 2.15 bits per heavy atom. The van der Waals surface area contributed by atoms with Crippen LogP contribution in [0.1, 0.15) is 43.5 Å². The van der Waals surface area contributed by atoms with Gasteiger partial charge in [-0.25, -0.2) is 0 Å². The van der Waals surface area contributed by atoms with E-state index in [9.17, 15) is 0 Å². The van der Waals surface area contributed by atoms with E-state index in [1.54, 1.807) is 0 Å². The Bertz CT molecular complexity index is 566. The van der Waals surface area contributed by atoms with Crippen molar-refractivity contribution in [3.05, 3.63) is 35.0 Å². The fraction of sp³-hybridized carbons (Fsp3) is 0.467. The SMILES string of the molecule is CCNc1snnc1COc1cc(C)ccc1C(C)C. The molecule has 0 aliphatic rings. The molecule has 0 aliphatic carbocycles. The van der Waals surface area contributed by atoms with Crippen LogP contribution in [0.5, 0.6) is 5.75 Å². The molecule has 0 amide bonds. The van der Waals surface area contributed by atoms with Crippen molar-refractivity contribution in [3.63, 3.8) is 0 Å². The van der Waals surface area contributed by atoms with Crippen LogP contribution in [0.2, 0.25) is 0 Å². The highest BCUT2D eigenvalue weighted by atomic mass is 32.1. The van der Waals surface area contributed by atoms with Crippen molar-refractivity contribution in [1.29, 1.82) is 0 Å². The second kappa shape index (κ2) is 6.70. The molecule has 0 aliphatic heterocycles. The minimum absolute atomic E-state index is 0.437. The average molecular weight is 291 g/mol. The zero-order chi connectivity index (χ0) is 14.5. The number of nitrogens with one attached hydrogen (secondary N) is 1. The standard InChI is InChI=1S/C15H21N3OS/c1-5-16-15-13(17-18-20-15)9-19-14-8-11(4)6-7-12(14)10(2)3/h6-8,10,16H,5,9H2,1-4H3. The Morgan fingerprint density at radius 1 is 1.35 bits per heavy atom. The summed E-state index contributed by atoms with van der Waals surface area (Å²) in [5.41, 5.74) is 3.30. The molecule has 0 radical (unpaired) electrons. The summed E-state index contributed by atoms with van der Waals surface area (Å²) in [4.78, 5) is 0. The number of nitrogens with zero attached hydrogens (tertiary/aromatic N) is 2. The summed E-state index contributed by atoms with van der Waals surface area (Å²) in [5, 5.41) is 8.37. The molecule has 108 valence electrons. The van der Waals surface area contributed by atoms with Gasteiger partial charge in [0.15, 0.2) is 0 Å². The molecule has 4 nitrogen and oxygen atoms in total. The van der Waals surface area contributed by atoms with E-state index in [-0.39, 0.29) is 0 Å². The summed E-state index contributed by atoms with van der Waals surface area (Å²) in [5.74, 6) is 1.38. The van der Waals surface area contributed by atoms with Crippen LogP contribution in [0.4, 0.5) is 5.00 Å². The van der Waals surface area contributed by atoms with Gasteiger partial charge in [0.25, 0.3) is 0 Å². The molecule has 1 aromatic heterocycles. The molecule has 0 atom stereocenters. The van der Waals surface area contributed by atoms with Gasteiger partial charge in [0.05, 0.1) is 0 Å². The predicted molar refractivity (Wildman–Crippen MR) is 83.7 cm³/mol. The summed E-state index contributed by atoms with van der Waals surface area (Å²) >= 11 is 1.37. The average Bonchev–Trinajstić information content (AvgIpc) is 2.84. The Hall–Kier alpha value is -1.62. The van der Waals surface area contributed by atoms with Gasteiger partial charge in [-0.05, 0) is 37.0 Å². The molecule has 0 fully saturated rings. The van der Waals surface area contributed by atoms with Crippen molar-refractivity contribution in [1.82, 2.24) is 9.59 Å². The summed E-state index contributed by atoms with van der Waals surface area (Å²) in [6.45, 7) is 9.78. The van der Waals surface area contributed by atoms with E-state index in [1.165, 1.54) is 22.7 Å². The molecule has 1 N–H and O–H groups in total. The maximum atomic E-state index is 5.97. The van der Waals surface area contributed by atoms with Gasteiger partial charge in [0.2, 0.25) is 0 Å². The van der Waals surface area contributed by atoms with Crippen LogP contribution in [-0.4, -0.2) is 16.1 Å². The van der Waals surface area contributed by atoms with Crippen LogP contribution in [0.15, 0.2) is 18.2 Å². The minimum atomic E-state index is 0.437. The van der Waals surface area contributed by atoms with Gasteiger partial charge in [0.1, 0.15) is 23.1 Å². The second-order valence-corrected chi connectivity index (χ2v) is 5.82. The third-order valence-electron chi connectivity index (χ3n) is 3.05. The Kier molecular flexibility index (Phi) is 4.95. The van der Waals surface area contributed by atoms with Gasteiger partial charge in [0, 0.05) is 18.1 Å². The van der Waals surface area contributed by atoms with E-state index < -0.39 is 0 Å². The van der Waals surface area contributed by atoms with Crippen molar-refractivity contribution in [2.45, 2.75) is 40.2 Å². The molecule has 1 heterocycles. The Labute approximate surface area is 124 Å². The lowest BCUT2D eigenvalue weighted by Gasteiger charge is -2.14. The number of benzene rings is 1. The molecule has 1 aromatic carbocycles. The minimum Gasteiger partial charge on any atom is -0.487 e. The first kappa shape index (κ1) is 14.8. The molecular weight excluding hydrogens is 270 g/mol. The van der Waals surface area contributed by atoms with Crippen LogP contribution < -0.4 is 10.1 Å². The lowest BCUT2D eigenvalue weighted by atomic mass is 10.0. The maximum Gasteiger partial charge on any atom is 0.136 e. The zero-order valence-electron chi connectivity index (χ0n) is 12.4. The quantitative estimate of drug-likeness (QED) is 0.874. The molecule has 20 heavy (non-hydrogen) atoms. The van der Waals surface area contributed by atoms with Gasteiger partial charge in [-0.1, -0.05) is 30.5 Å². The molecule has 0 bridgehead atoms. The number of rotatable bonds is 6. The van der Waals surface area contributed by atoms with Crippen LogP contribution in [0, 0.1) is 6.92 Å². The van der Waals surface area contributed by atoms with Gasteiger partial charge in [-0.2, -0.15) is 0 Å². The number of hydrogen-bond donors (Lipinski definition) is 1. The highest BCUT2D eigenvalue weighted by Crippen LogP contribution is 2.29. The van der Waals surface area contributed by atoms with E-state index in [0.717, 1.165) is 23.0 Å². The molecule has 5 heteroatoms. The fourth-order valence-electron chi connectivity index (χ4n) is 1.99. The van der Waals surface area contributed by atoms with E-state index in [2.05, 4.69) is 60.8 Å². The highest BCUT2D eigenvalue weighted by molar-refractivity contribution is 7.10. The van der Waals surface area contributed by atoms with Gasteiger partial charge < -0.3 is 10.1 Å². The van der Waals surface area contributed by atoms with Crippen LogP contribution in [0.3, 0.4) is 0 Å². The summed E-state index contributed by atoms with van der Waals surface area (Å²) in [7, 11) is 0. The Balaban J connectivity index is 2.14. The first-order valence-corrected chi connectivity index (χ1v) is 7.67. The first-order chi connectivity index (χ1) is 9.61. The molecule has 0 saturated heterocycles. The monoisotopic (exact) mass is 291 g/mol. The van der Waals surface area contributed by atoms with Crippen LogP contribution in [-0.2, 0) is 6.61 Å². The van der Waals surface area contributed by atoms with Crippen LogP contribution >= 0.6 is 11.5 Å². The topological polar surface area (TPSA) is 47.0 Å². The van der Waals surface area contributed by atoms with E-state index in [0.29, 0.717) is 12.5 Å². The number of anilines is 1. The first-order valence-electron chi connectivity index (χ1n) is 6.90. The lowest BCUT2D eigenvalue weighted by molar-refractivity contribution is 0.297. The summed E-state index contributed by atoms with van der Waals surface area (Å²) in [6, 6.07) is 6.35. The smallest absolute Gasteiger partial charge is 0.136 e. The largest absolute Gasteiger partial charge is 0.487 e. The second-order valence-electron chi connectivity index (χ2n) is 5.06. The third-order valence-corrected chi connectivity index (χ3v) is 3.77. The molecule has 2 aromatic rings. The van der Waals surface area contributed by atoms with Gasteiger partial charge in [-0.3, -0.25) is 0 Å². The molecule has 2 rings (SSSR count). The zero-order valence-corrected chi connectivity index (χ0v) is 13.3. The molecule has 0 saturated carbocycles. The lowest BCUT2D eigenvalue weighted by Crippen LogP contribution is -2.04. The normalized spacial score (nSPS) is 10.8. The van der Waals surface area contributed by atoms with E-state index >= 15 is 0 Å². The fourth-order valence-corrected chi connectivity index (χ4v) is 2.62. The van der Waals surface area contributed by atoms with E-state index in [1.807, 2.05) is 0 Å². The Morgan fingerprint density at radius 3 is 2.85 bits per heavy atom. The van der Waals surface area contributed by atoms with Gasteiger partial charge in [-0.15, -0.1) is 5.10 Å². The highest BCUT2D eigenvalue weighted by Gasteiger charge is 2.11. The number of aryl methyl sites for hydroxylation is 1. The van der Waals surface area contributed by atoms with Gasteiger partial charge >= 0.3 is 0 Å². The third kappa shape index (κ3) is 3.48. The molecular formula is C15H21N3OS. The van der Waals surface area contributed by atoms with Crippen molar-refractivity contribution in [2.24, 2.45) is 0 Å². The molecule has 0 unspecified atom stereocenters. The van der Waals surface area contributed by atoms with Crippen molar-refractivity contribution in [3.8, 4) is 5.75 Å². The maximum absolute atomic E-state index is 5.97. The van der Waals surface area contributed by atoms with Crippen molar-refractivity contribution in [2.75, 3.05) is 11.9 Å². The molecule has 0 spiro atoms. The van der Waals surface area contributed by atoms with Crippen molar-refractivity contribution < 1.29 is 4.74 Å². The number of hydrogen-bond acceptors (Lipinski definition) is 5.